The van der Waals surface area contributed by atoms with Crippen LogP contribution in [0.25, 0.3) is 10.2 Å². The van der Waals surface area contributed by atoms with Crippen molar-refractivity contribution in [2.75, 3.05) is 11.9 Å². The van der Waals surface area contributed by atoms with Crippen molar-refractivity contribution in [1.29, 1.82) is 0 Å². The maximum atomic E-state index is 13.0. The van der Waals surface area contributed by atoms with Gasteiger partial charge in [0.25, 0.3) is 0 Å². The van der Waals surface area contributed by atoms with Crippen molar-refractivity contribution in [2.24, 2.45) is 7.05 Å². The molecule has 0 spiro atoms. The highest BCUT2D eigenvalue weighted by molar-refractivity contribution is 7.89. The Morgan fingerprint density at radius 3 is 2.66 bits per heavy atom. The van der Waals surface area contributed by atoms with Crippen LogP contribution in [0.15, 0.2) is 52.2 Å². The number of fused-ring (bicyclic) bond motifs is 1. The summed E-state index contributed by atoms with van der Waals surface area (Å²) in [5.41, 5.74) is 1.31. The monoisotopic (exact) mass is 451 g/mol. The van der Waals surface area contributed by atoms with Crippen LogP contribution in [-0.4, -0.2) is 35.8 Å². The molecule has 1 aliphatic rings. The van der Waals surface area contributed by atoms with Gasteiger partial charge in [-0.05, 0) is 55.3 Å². The molecule has 10 heteroatoms. The molecule has 0 unspecified atom stereocenters. The number of sulfonamides is 1. The minimum Gasteiger partial charge on any atom is -0.325 e. The van der Waals surface area contributed by atoms with Crippen LogP contribution in [0.5, 0.6) is 0 Å². The predicted octanol–water partition coefficient (Wildman–Crippen LogP) is 3.05. The highest BCUT2D eigenvalue weighted by Gasteiger charge is 2.39. The number of anilines is 1. The molecule has 1 atom stereocenters. The second-order valence-electron chi connectivity index (χ2n) is 6.83. The van der Waals surface area contributed by atoms with Gasteiger partial charge in [-0.25, -0.2) is 8.42 Å². The summed E-state index contributed by atoms with van der Waals surface area (Å²) in [6, 6.07) is 10.3. The molecule has 1 saturated heterocycles. The molecule has 1 fully saturated rings. The van der Waals surface area contributed by atoms with Crippen LogP contribution < -0.4 is 10.2 Å². The van der Waals surface area contributed by atoms with Crippen LogP contribution >= 0.6 is 22.9 Å². The summed E-state index contributed by atoms with van der Waals surface area (Å²) in [7, 11) is -2.12. The number of carbonyl (C=O) groups is 1. The van der Waals surface area contributed by atoms with Gasteiger partial charge in [-0.15, -0.1) is 0 Å². The van der Waals surface area contributed by atoms with Gasteiger partial charge in [0.2, 0.25) is 15.9 Å². The number of benzene rings is 2. The van der Waals surface area contributed by atoms with E-state index in [4.69, 9.17) is 11.6 Å². The first-order valence-electron chi connectivity index (χ1n) is 8.95. The largest absolute Gasteiger partial charge is 0.325 e. The van der Waals surface area contributed by atoms with Gasteiger partial charge in [-0.2, -0.15) is 4.31 Å². The molecule has 0 radical (unpaired) electrons. The summed E-state index contributed by atoms with van der Waals surface area (Å²) in [5, 5.41) is 3.24. The molecular formula is C19H18ClN3O4S2. The summed E-state index contributed by atoms with van der Waals surface area (Å²) in [4.78, 5) is 24.7. The van der Waals surface area contributed by atoms with Crippen LogP contribution in [-0.2, 0) is 21.9 Å². The molecule has 2 heterocycles. The quantitative estimate of drug-likeness (QED) is 0.660. The van der Waals surface area contributed by atoms with E-state index in [-0.39, 0.29) is 22.2 Å². The second kappa shape index (κ2) is 7.56. The van der Waals surface area contributed by atoms with Crippen molar-refractivity contribution in [1.82, 2.24) is 8.87 Å². The average Bonchev–Trinajstić information content (AvgIpc) is 3.28. The number of halogens is 1. The first-order chi connectivity index (χ1) is 13.8. The summed E-state index contributed by atoms with van der Waals surface area (Å²) < 4.78 is 29.5. The average molecular weight is 452 g/mol. The summed E-state index contributed by atoms with van der Waals surface area (Å²) >= 11 is 6.95. The molecule has 2 aromatic carbocycles. The molecular weight excluding hydrogens is 434 g/mol. The van der Waals surface area contributed by atoms with Gasteiger partial charge in [0.15, 0.2) is 0 Å². The third-order valence-corrected chi connectivity index (χ3v) is 8.16. The predicted molar refractivity (Wildman–Crippen MR) is 114 cm³/mol. The lowest BCUT2D eigenvalue weighted by Gasteiger charge is -2.23. The first kappa shape index (κ1) is 20.1. The number of aryl methyl sites for hydroxylation is 1. The van der Waals surface area contributed by atoms with Crippen LogP contribution in [0, 0.1) is 0 Å². The molecule has 29 heavy (non-hydrogen) atoms. The highest BCUT2D eigenvalue weighted by Crippen LogP contribution is 2.28. The summed E-state index contributed by atoms with van der Waals surface area (Å²) in [6.07, 6.45) is 1.05. The van der Waals surface area contributed by atoms with E-state index < -0.39 is 16.1 Å². The number of aromatic nitrogens is 1. The Kier molecular flexibility index (Phi) is 5.24. The van der Waals surface area contributed by atoms with Crippen molar-refractivity contribution < 1.29 is 13.2 Å². The Hall–Kier alpha value is -2.20. The Bertz CT molecular complexity index is 1250. The number of nitrogens with zero attached hydrogens (tertiary/aromatic N) is 2. The van der Waals surface area contributed by atoms with E-state index >= 15 is 0 Å². The first-order valence-corrected chi connectivity index (χ1v) is 11.6. The van der Waals surface area contributed by atoms with Crippen molar-refractivity contribution in [3.63, 3.8) is 0 Å². The van der Waals surface area contributed by atoms with Gasteiger partial charge in [0, 0.05) is 24.3 Å². The van der Waals surface area contributed by atoms with Gasteiger partial charge in [0.05, 0.1) is 15.1 Å². The van der Waals surface area contributed by atoms with Crippen molar-refractivity contribution in [3.8, 4) is 0 Å². The lowest BCUT2D eigenvalue weighted by Crippen LogP contribution is -2.43. The normalized spacial score (nSPS) is 17.7. The highest BCUT2D eigenvalue weighted by atomic mass is 35.5. The molecule has 0 saturated carbocycles. The summed E-state index contributed by atoms with van der Waals surface area (Å²) in [6.45, 7) is 0.280. The van der Waals surface area contributed by atoms with Crippen molar-refractivity contribution >= 4 is 54.8 Å². The number of hydrogen-bond acceptors (Lipinski definition) is 5. The zero-order valence-corrected chi connectivity index (χ0v) is 17.9. The lowest BCUT2D eigenvalue weighted by molar-refractivity contribution is -0.119. The number of hydrogen-bond donors (Lipinski definition) is 1. The molecule has 152 valence electrons. The van der Waals surface area contributed by atoms with Gasteiger partial charge in [-0.1, -0.05) is 22.9 Å². The molecule has 1 N–H and O–H groups in total. The number of amides is 1. The van der Waals surface area contributed by atoms with E-state index in [1.165, 1.54) is 28.6 Å². The molecule has 0 bridgehead atoms. The Labute approximate surface area is 176 Å². The van der Waals surface area contributed by atoms with Gasteiger partial charge >= 0.3 is 4.87 Å². The van der Waals surface area contributed by atoms with Gasteiger partial charge < -0.3 is 9.88 Å². The second-order valence-corrected chi connectivity index (χ2v) is 10.1. The van der Waals surface area contributed by atoms with E-state index in [1.54, 1.807) is 29.8 Å². The third kappa shape index (κ3) is 3.71. The fraction of sp³-hybridized carbons (Fsp3) is 0.263. The molecule has 1 aromatic heterocycles. The van der Waals surface area contributed by atoms with E-state index in [0.29, 0.717) is 23.6 Å². The van der Waals surface area contributed by atoms with Crippen LogP contribution in [0.1, 0.15) is 12.8 Å². The maximum Gasteiger partial charge on any atom is 0.307 e. The van der Waals surface area contributed by atoms with E-state index in [2.05, 4.69) is 5.32 Å². The Morgan fingerprint density at radius 2 is 1.93 bits per heavy atom. The standard InChI is InChI=1S/C19H18ClN3O4S2/c1-22-15-9-6-13(11-17(15)28-19(22)25)21-18(24)16-3-2-10-23(16)29(26,27)14-7-4-12(20)5-8-14/h4-9,11,16H,2-3,10H2,1H3,(H,21,24)/t16-/m0/s1. The lowest BCUT2D eigenvalue weighted by atomic mass is 10.2. The van der Waals surface area contributed by atoms with E-state index in [9.17, 15) is 18.0 Å². The minimum absolute atomic E-state index is 0.0838. The fourth-order valence-corrected chi connectivity index (χ4v) is 6.17. The molecule has 4 rings (SSSR count). The minimum atomic E-state index is -3.81. The Morgan fingerprint density at radius 1 is 1.21 bits per heavy atom. The number of nitrogens with one attached hydrogen (secondary N) is 1. The number of thiazole rings is 1. The van der Waals surface area contributed by atoms with Gasteiger partial charge in [-0.3, -0.25) is 9.59 Å². The molecule has 1 aliphatic heterocycles. The van der Waals surface area contributed by atoms with Crippen LogP contribution in [0.3, 0.4) is 0 Å². The smallest absolute Gasteiger partial charge is 0.307 e. The molecule has 3 aromatic rings. The summed E-state index contributed by atoms with van der Waals surface area (Å²) in [5.74, 6) is -0.386. The van der Waals surface area contributed by atoms with Crippen LogP contribution in [0.4, 0.5) is 5.69 Å². The fourth-order valence-electron chi connectivity index (χ4n) is 3.47. The SMILES string of the molecule is Cn1c(=O)sc2cc(NC(=O)[C@@H]3CCCN3S(=O)(=O)c3ccc(Cl)cc3)ccc21. The van der Waals surface area contributed by atoms with Crippen molar-refractivity contribution in [3.05, 3.63) is 57.2 Å². The molecule has 0 aliphatic carbocycles. The molecule has 7 nitrogen and oxygen atoms in total. The number of carbonyl (C=O) groups excluding carboxylic acids is 1. The zero-order valence-electron chi connectivity index (χ0n) is 15.5. The van der Waals surface area contributed by atoms with Gasteiger partial charge in [0.1, 0.15) is 6.04 Å². The number of rotatable bonds is 4. The maximum absolute atomic E-state index is 13.0. The zero-order chi connectivity index (χ0) is 20.8. The topological polar surface area (TPSA) is 88.5 Å². The molecule has 1 amide bonds. The van der Waals surface area contributed by atoms with Crippen molar-refractivity contribution in [2.45, 2.75) is 23.8 Å². The Balaban J connectivity index is 1.58. The van der Waals surface area contributed by atoms with Crippen LogP contribution in [0.2, 0.25) is 5.02 Å². The van der Waals surface area contributed by atoms with E-state index in [0.717, 1.165) is 21.6 Å². The third-order valence-electron chi connectivity index (χ3n) is 4.99. The van der Waals surface area contributed by atoms with E-state index in [1.807, 2.05) is 0 Å².